The molecule has 0 saturated carbocycles. The van der Waals surface area contributed by atoms with Crippen molar-refractivity contribution in [1.82, 2.24) is 19.8 Å². The number of pyridine rings is 1. The first-order valence-corrected chi connectivity index (χ1v) is 11.2. The lowest BCUT2D eigenvalue weighted by Gasteiger charge is -2.28. The molecule has 7 heteroatoms. The van der Waals surface area contributed by atoms with Crippen molar-refractivity contribution in [3.63, 3.8) is 0 Å². The number of thiocarbonyl (C=S) groups is 1. The van der Waals surface area contributed by atoms with Gasteiger partial charge in [0.2, 0.25) is 5.91 Å². The summed E-state index contributed by atoms with van der Waals surface area (Å²) in [5.74, 6) is -0.0300. The summed E-state index contributed by atoms with van der Waals surface area (Å²) in [4.78, 5) is 19.4. The number of carbonyl (C=O) groups is 1. The van der Waals surface area contributed by atoms with Crippen LogP contribution in [0.1, 0.15) is 46.7 Å². The summed E-state index contributed by atoms with van der Waals surface area (Å²) in [5.41, 5.74) is 6.48. The molecule has 6 nitrogen and oxygen atoms in total. The van der Waals surface area contributed by atoms with Gasteiger partial charge in [-0.25, -0.2) is 0 Å². The molecule has 1 fully saturated rings. The molecule has 1 aliphatic rings. The minimum atomic E-state index is -0.0793. The topological polar surface area (TPSA) is 62.2 Å². The maximum Gasteiger partial charge on any atom is 0.226 e. The van der Waals surface area contributed by atoms with Crippen LogP contribution in [0.4, 0.5) is 5.69 Å². The van der Waals surface area contributed by atoms with Crippen molar-refractivity contribution >= 4 is 28.9 Å². The zero-order chi connectivity index (χ0) is 22.8. The molecule has 1 aliphatic heterocycles. The van der Waals surface area contributed by atoms with Crippen LogP contribution >= 0.6 is 12.2 Å². The number of carbonyl (C=O) groups excluding carboxylic acids is 1. The molecule has 0 radical (unpaired) electrons. The number of amides is 1. The Balaban J connectivity index is 1.57. The third kappa shape index (κ3) is 4.39. The summed E-state index contributed by atoms with van der Waals surface area (Å²) in [6, 6.07) is 15.8. The summed E-state index contributed by atoms with van der Waals surface area (Å²) in [7, 11) is 2.07. The van der Waals surface area contributed by atoms with Gasteiger partial charge >= 0.3 is 0 Å². The smallest absolute Gasteiger partial charge is 0.226 e. The number of anilines is 1. The van der Waals surface area contributed by atoms with Gasteiger partial charge < -0.3 is 20.1 Å². The highest BCUT2D eigenvalue weighted by Crippen LogP contribution is 2.40. The van der Waals surface area contributed by atoms with Crippen molar-refractivity contribution in [2.75, 3.05) is 11.9 Å². The van der Waals surface area contributed by atoms with Crippen molar-refractivity contribution in [3.8, 4) is 0 Å². The fourth-order valence-electron chi connectivity index (χ4n) is 4.25. The number of nitrogens with one attached hydrogen (secondary N) is 2. The molecule has 0 aliphatic carbocycles. The Hall–Kier alpha value is -3.19. The van der Waals surface area contributed by atoms with Crippen molar-refractivity contribution < 1.29 is 4.79 Å². The van der Waals surface area contributed by atoms with E-state index in [2.05, 4.69) is 52.0 Å². The highest BCUT2D eigenvalue weighted by Gasteiger charge is 2.41. The molecule has 4 rings (SSSR count). The Kier molecular flexibility index (Phi) is 6.28. The lowest BCUT2D eigenvalue weighted by atomic mass is 9.96. The van der Waals surface area contributed by atoms with Crippen LogP contribution in [0.3, 0.4) is 0 Å². The maximum atomic E-state index is 12.7. The van der Waals surface area contributed by atoms with Crippen LogP contribution in [0, 0.1) is 20.8 Å². The van der Waals surface area contributed by atoms with Crippen LogP contribution in [0.2, 0.25) is 0 Å². The average Bonchev–Trinajstić information content (AvgIpc) is 3.25. The van der Waals surface area contributed by atoms with Gasteiger partial charge in [-0.05, 0) is 68.9 Å². The second kappa shape index (κ2) is 9.12. The molecule has 3 heterocycles. The molecule has 0 unspecified atom stereocenters. The molecule has 166 valence electrons. The second-order valence-electron chi connectivity index (χ2n) is 8.37. The van der Waals surface area contributed by atoms with E-state index in [9.17, 15) is 4.79 Å². The van der Waals surface area contributed by atoms with E-state index in [1.54, 1.807) is 6.20 Å². The van der Waals surface area contributed by atoms with E-state index in [-0.39, 0.29) is 18.0 Å². The zero-order valence-corrected chi connectivity index (χ0v) is 19.7. The van der Waals surface area contributed by atoms with Crippen LogP contribution in [-0.2, 0) is 11.8 Å². The summed E-state index contributed by atoms with van der Waals surface area (Å²) in [6.45, 7) is 6.77. The standard InChI is InChI=1S/C25H29N5OS/c1-16-8-10-19(11-9-16)27-22(31)12-14-30-24(20-15-17(2)29(4)18(20)3)23(28-25(30)32)21-7-5-6-13-26-21/h5-11,13,15,23-24H,12,14H2,1-4H3,(H,27,31)(H,28,32)/t23-,24+/m1/s1. The van der Waals surface area contributed by atoms with Gasteiger partial charge in [0, 0.05) is 43.3 Å². The predicted molar refractivity (Wildman–Crippen MR) is 131 cm³/mol. The molecule has 0 spiro atoms. The summed E-state index contributed by atoms with van der Waals surface area (Å²) in [5, 5.41) is 7.09. The minimum absolute atomic E-state index is 0.0300. The van der Waals surface area contributed by atoms with Crippen molar-refractivity contribution in [2.45, 2.75) is 39.3 Å². The third-order valence-electron chi connectivity index (χ3n) is 6.25. The highest BCUT2D eigenvalue weighted by atomic mass is 32.1. The summed E-state index contributed by atoms with van der Waals surface area (Å²) in [6.07, 6.45) is 2.14. The lowest BCUT2D eigenvalue weighted by Crippen LogP contribution is -2.32. The van der Waals surface area contributed by atoms with E-state index in [1.807, 2.05) is 49.4 Å². The molecule has 0 bridgehead atoms. The minimum Gasteiger partial charge on any atom is -0.352 e. The molecule has 32 heavy (non-hydrogen) atoms. The highest BCUT2D eigenvalue weighted by molar-refractivity contribution is 7.80. The Morgan fingerprint density at radius 2 is 1.91 bits per heavy atom. The van der Waals surface area contributed by atoms with E-state index < -0.39 is 0 Å². The molecule has 2 N–H and O–H groups in total. The van der Waals surface area contributed by atoms with Gasteiger partial charge in [0.05, 0.1) is 17.8 Å². The van der Waals surface area contributed by atoms with Crippen LogP contribution in [-0.4, -0.2) is 32.0 Å². The van der Waals surface area contributed by atoms with Crippen LogP contribution < -0.4 is 10.6 Å². The van der Waals surface area contributed by atoms with Gasteiger partial charge in [-0.2, -0.15) is 0 Å². The summed E-state index contributed by atoms with van der Waals surface area (Å²) < 4.78 is 2.19. The fraction of sp³-hybridized carbons (Fsp3) is 0.320. The molecule has 1 saturated heterocycles. The molecule has 1 amide bonds. The number of aryl methyl sites for hydroxylation is 2. The predicted octanol–water partition coefficient (Wildman–Crippen LogP) is 4.35. The quantitative estimate of drug-likeness (QED) is 0.550. The summed E-state index contributed by atoms with van der Waals surface area (Å²) >= 11 is 5.72. The van der Waals surface area contributed by atoms with E-state index in [1.165, 1.54) is 17.0 Å². The molecule has 3 aromatic rings. The Morgan fingerprint density at radius 3 is 2.53 bits per heavy atom. The first-order valence-electron chi connectivity index (χ1n) is 10.8. The maximum absolute atomic E-state index is 12.7. The van der Waals surface area contributed by atoms with E-state index >= 15 is 0 Å². The van der Waals surface area contributed by atoms with Crippen molar-refractivity contribution in [2.24, 2.45) is 7.05 Å². The number of hydrogen-bond donors (Lipinski definition) is 2. The van der Waals surface area contributed by atoms with Gasteiger partial charge in [-0.1, -0.05) is 23.8 Å². The van der Waals surface area contributed by atoms with Crippen LogP contribution in [0.15, 0.2) is 54.7 Å². The van der Waals surface area contributed by atoms with E-state index in [0.29, 0.717) is 18.1 Å². The monoisotopic (exact) mass is 447 g/mol. The number of hydrogen-bond acceptors (Lipinski definition) is 3. The van der Waals surface area contributed by atoms with Gasteiger partial charge in [-0.15, -0.1) is 0 Å². The normalized spacial score (nSPS) is 18.0. The van der Waals surface area contributed by atoms with Gasteiger partial charge in [0.25, 0.3) is 0 Å². The third-order valence-corrected chi connectivity index (χ3v) is 6.60. The molecular formula is C25H29N5OS. The van der Waals surface area contributed by atoms with E-state index in [4.69, 9.17) is 12.2 Å². The van der Waals surface area contributed by atoms with Gasteiger partial charge in [0.15, 0.2) is 5.11 Å². The molecule has 2 atom stereocenters. The first kappa shape index (κ1) is 22.0. The molecule has 2 aromatic heterocycles. The van der Waals surface area contributed by atoms with Crippen LogP contribution in [0.25, 0.3) is 0 Å². The Bertz CT molecular complexity index is 1120. The van der Waals surface area contributed by atoms with Crippen molar-refractivity contribution in [1.29, 1.82) is 0 Å². The average molecular weight is 448 g/mol. The van der Waals surface area contributed by atoms with Crippen LogP contribution in [0.5, 0.6) is 0 Å². The number of benzene rings is 1. The molecular weight excluding hydrogens is 418 g/mol. The van der Waals surface area contributed by atoms with Gasteiger partial charge in [-0.3, -0.25) is 9.78 Å². The second-order valence-corrected chi connectivity index (χ2v) is 8.76. The number of nitrogens with zero attached hydrogens (tertiary/aromatic N) is 3. The Labute approximate surface area is 194 Å². The zero-order valence-electron chi connectivity index (χ0n) is 18.9. The first-order chi connectivity index (χ1) is 15.3. The number of aromatic nitrogens is 2. The lowest BCUT2D eigenvalue weighted by molar-refractivity contribution is -0.116. The molecule has 1 aromatic carbocycles. The largest absolute Gasteiger partial charge is 0.352 e. The van der Waals surface area contributed by atoms with Gasteiger partial charge in [0.1, 0.15) is 0 Å². The fourth-order valence-corrected chi connectivity index (χ4v) is 4.58. The number of rotatable bonds is 6. The van der Waals surface area contributed by atoms with E-state index in [0.717, 1.165) is 16.9 Å². The SMILES string of the molecule is Cc1ccc(NC(=O)CCN2C(=S)N[C@H](c3ccccn3)[C@@H]2c2cc(C)n(C)c2C)cc1. The van der Waals surface area contributed by atoms with Crippen molar-refractivity contribution in [3.05, 3.63) is 82.9 Å². The Morgan fingerprint density at radius 1 is 1.16 bits per heavy atom.